The molecule has 98 valence electrons. The van der Waals surface area contributed by atoms with Gasteiger partial charge in [-0.3, -0.25) is 9.59 Å². The summed E-state index contributed by atoms with van der Waals surface area (Å²) in [6.07, 6.45) is 0.455. The third-order valence-corrected chi connectivity index (χ3v) is 3.97. The molecule has 2 aliphatic heterocycles. The number of hydrogen-bond acceptors (Lipinski definition) is 3. The van der Waals surface area contributed by atoms with E-state index in [-0.39, 0.29) is 23.9 Å². The monoisotopic (exact) mass is 253 g/mol. The summed E-state index contributed by atoms with van der Waals surface area (Å²) in [6.45, 7) is 2.12. The smallest absolute Gasteiger partial charge is 0.317 e. The Bertz CT molecular complexity index is 425. The van der Waals surface area contributed by atoms with Crippen molar-refractivity contribution in [1.29, 1.82) is 0 Å². The van der Waals surface area contributed by atoms with Gasteiger partial charge in [-0.1, -0.05) is 0 Å². The highest BCUT2D eigenvalue weighted by Gasteiger charge is 2.51. The second kappa shape index (κ2) is 3.86. The molecule has 1 saturated carbocycles. The summed E-state index contributed by atoms with van der Waals surface area (Å²) in [5.41, 5.74) is 0. The van der Waals surface area contributed by atoms with Gasteiger partial charge in [0, 0.05) is 26.2 Å². The molecule has 0 bridgehead atoms. The first-order chi connectivity index (χ1) is 8.58. The molecule has 2 saturated heterocycles. The van der Waals surface area contributed by atoms with E-state index < -0.39 is 11.9 Å². The van der Waals surface area contributed by atoms with E-state index in [1.165, 1.54) is 0 Å². The summed E-state index contributed by atoms with van der Waals surface area (Å²) in [7, 11) is 0. The van der Waals surface area contributed by atoms with Crippen molar-refractivity contribution in [2.75, 3.05) is 26.2 Å². The maximum absolute atomic E-state index is 12.1. The van der Waals surface area contributed by atoms with Crippen LogP contribution in [0.15, 0.2) is 0 Å². The molecule has 2 heterocycles. The fourth-order valence-electron chi connectivity index (χ4n) is 2.78. The molecule has 0 spiro atoms. The van der Waals surface area contributed by atoms with Crippen molar-refractivity contribution < 1.29 is 19.5 Å². The van der Waals surface area contributed by atoms with E-state index >= 15 is 0 Å². The average Bonchev–Trinajstić information content (AvgIpc) is 3.08. The Morgan fingerprint density at radius 2 is 2.06 bits per heavy atom. The van der Waals surface area contributed by atoms with Crippen molar-refractivity contribution in [3.8, 4) is 0 Å². The van der Waals surface area contributed by atoms with Crippen molar-refractivity contribution >= 4 is 17.9 Å². The molecule has 1 aliphatic carbocycles. The number of nitrogens with zero attached hydrogens (tertiary/aromatic N) is 2. The number of nitrogens with one attached hydrogen (secondary N) is 1. The fourth-order valence-corrected chi connectivity index (χ4v) is 2.78. The summed E-state index contributed by atoms with van der Waals surface area (Å²) >= 11 is 0. The van der Waals surface area contributed by atoms with Crippen molar-refractivity contribution in [2.24, 2.45) is 11.8 Å². The highest BCUT2D eigenvalue weighted by Crippen LogP contribution is 2.40. The molecule has 3 aliphatic rings. The molecule has 7 heteroatoms. The summed E-state index contributed by atoms with van der Waals surface area (Å²) in [4.78, 5) is 37.7. The van der Waals surface area contributed by atoms with Crippen LogP contribution in [0.5, 0.6) is 0 Å². The third kappa shape index (κ3) is 1.70. The molecule has 0 radical (unpaired) electrons. The number of carboxylic acids is 1. The number of fused-ring (bicyclic) bond motifs is 1. The highest BCUT2D eigenvalue weighted by molar-refractivity contribution is 5.89. The Kier molecular flexibility index (Phi) is 2.42. The maximum Gasteiger partial charge on any atom is 0.317 e. The van der Waals surface area contributed by atoms with E-state index in [2.05, 4.69) is 5.32 Å². The van der Waals surface area contributed by atoms with Gasteiger partial charge in [0.1, 0.15) is 0 Å². The van der Waals surface area contributed by atoms with Gasteiger partial charge in [-0.25, -0.2) is 4.79 Å². The van der Waals surface area contributed by atoms with Crippen LogP contribution in [0.3, 0.4) is 0 Å². The van der Waals surface area contributed by atoms with Crippen molar-refractivity contribution in [3.05, 3.63) is 0 Å². The molecule has 3 unspecified atom stereocenters. The molecule has 0 aromatic heterocycles. The van der Waals surface area contributed by atoms with Gasteiger partial charge >= 0.3 is 12.0 Å². The Labute approximate surface area is 104 Å². The number of piperazine rings is 1. The SMILES string of the molecule is O=C(O)C1CC1C(=O)N1CCN2C(=O)NCC2C1. The quantitative estimate of drug-likeness (QED) is 0.656. The Balaban J connectivity index is 1.60. The number of carbonyl (C=O) groups excluding carboxylic acids is 2. The van der Waals surface area contributed by atoms with Crippen LogP contribution in [-0.2, 0) is 9.59 Å². The summed E-state index contributed by atoms with van der Waals surface area (Å²) in [5.74, 6) is -1.80. The van der Waals surface area contributed by atoms with Crippen LogP contribution < -0.4 is 5.32 Å². The summed E-state index contributed by atoms with van der Waals surface area (Å²) in [5, 5.41) is 11.6. The molecule has 0 aromatic rings. The van der Waals surface area contributed by atoms with Crippen LogP contribution in [0.2, 0.25) is 0 Å². The zero-order valence-corrected chi connectivity index (χ0v) is 9.83. The zero-order chi connectivity index (χ0) is 12.9. The van der Waals surface area contributed by atoms with E-state index in [1.54, 1.807) is 9.80 Å². The minimum Gasteiger partial charge on any atom is -0.481 e. The van der Waals surface area contributed by atoms with E-state index in [0.717, 1.165) is 0 Å². The van der Waals surface area contributed by atoms with Crippen LogP contribution in [0.1, 0.15) is 6.42 Å². The molecule has 3 atom stereocenters. The minimum atomic E-state index is -0.885. The molecule has 18 heavy (non-hydrogen) atoms. The highest BCUT2D eigenvalue weighted by atomic mass is 16.4. The second-order valence-corrected chi connectivity index (χ2v) is 5.10. The van der Waals surface area contributed by atoms with Crippen LogP contribution in [0, 0.1) is 11.8 Å². The lowest BCUT2D eigenvalue weighted by molar-refractivity contribution is -0.142. The fraction of sp³-hybridized carbons (Fsp3) is 0.727. The molecule has 3 amide bonds. The van der Waals surface area contributed by atoms with Crippen LogP contribution in [0.25, 0.3) is 0 Å². The van der Waals surface area contributed by atoms with Gasteiger partial charge in [0.05, 0.1) is 17.9 Å². The number of aliphatic carboxylic acids is 1. The van der Waals surface area contributed by atoms with Gasteiger partial charge in [-0.05, 0) is 6.42 Å². The largest absolute Gasteiger partial charge is 0.481 e. The normalized spacial score (nSPS) is 34.0. The zero-order valence-electron chi connectivity index (χ0n) is 9.83. The summed E-state index contributed by atoms with van der Waals surface area (Å²) < 4.78 is 0. The predicted molar refractivity (Wildman–Crippen MR) is 59.7 cm³/mol. The minimum absolute atomic E-state index is 0.0391. The van der Waals surface area contributed by atoms with E-state index in [0.29, 0.717) is 32.6 Å². The first-order valence-corrected chi connectivity index (χ1v) is 6.14. The lowest BCUT2D eigenvalue weighted by Crippen LogP contribution is -2.54. The molecule has 3 rings (SSSR count). The molecule has 3 fully saturated rings. The molecule has 2 N–H and O–H groups in total. The second-order valence-electron chi connectivity index (χ2n) is 5.10. The molecular weight excluding hydrogens is 238 g/mol. The van der Waals surface area contributed by atoms with Crippen molar-refractivity contribution in [2.45, 2.75) is 12.5 Å². The van der Waals surface area contributed by atoms with Crippen LogP contribution in [0.4, 0.5) is 4.79 Å². The van der Waals surface area contributed by atoms with Gasteiger partial charge in [0.25, 0.3) is 0 Å². The first-order valence-electron chi connectivity index (χ1n) is 6.14. The number of carbonyl (C=O) groups is 3. The number of rotatable bonds is 2. The lowest BCUT2D eigenvalue weighted by Gasteiger charge is -2.36. The number of amides is 3. The molecule has 0 aromatic carbocycles. The van der Waals surface area contributed by atoms with E-state index in [1.807, 2.05) is 0 Å². The lowest BCUT2D eigenvalue weighted by atomic mass is 10.1. The van der Waals surface area contributed by atoms with E-state index in [9.17, 15) is 14.4 Å². The Morgan fingerprint density at radius 1 is 1.28 bits per heavy atom. The van der Waals surface area contributed by atoms with Gasteiger partial charge in [0.2, 0.25) is 5.91 Å². The molecular formula is C11H15N3O4. The van der Waals surface area contributed by atoms with Gasteiger partial charge < -0.3 is 20.2 Å². The molecule has 7 nitrogen and oxygen atoms in total. The third-order valence-electron chi connectivity index (χ3n) is 3.97. The average molecular weight is 253 g/mol. The van der Waals surface area contributed by atoms with E-state index in [4.69, 9.17) is 5.11 Å². The Hall–Kier alpha value is -1.79. The van der Waals surface area contributed by atoms with Crippen LogP contribution in [-0.4, -0.2) is 65.0 Å². The van der Waals surface area contributed by atoms with Gasteiger partial charge in [-0.2, -0.15) is 0 Å². The maximum atomic E-state index is 12.1. The summed E-state index contributed by atoms with van der Waals surface area (Å²) in [6, 6.07) is -0.0286. The number of urea groups is 1. The predicted octanol–water partition coefficient (Wildman–Crippen LogP) is -1.06. The number of carboxylic acid groups (broad SMARTS) is 1. The standard InChI is InChI=1S/C11H15N3O4/c15-9(7-3-8(7)10(16)17)13-1-2-14-6(5-13)4-12-11(14)18/h6-8H,1-5H2,(H,12,18)(H,16,17). The topological polar surface area (TPSA) is 90.0 Å². The Morgan fingerprint density at radius 3 is 2.72 bits per heavy atom. The van der Waals surface area contributed by atoms with Crippen molar-refractivity contribution in [1.82, 2.24) is 15.1 Å². The van der Waals surface area contributed by atoms with Gasteiger partial charge in [-0.15, -0.1) is 0 Å². The first kappa shape index (κ1) is 11.3. The van der Waals surface area contributed by atoms with Crippen molar-refractivity contribution in [3.63, 3.8) is 0 Å². The number of hydrogen-bond donors (Lipinski definition) is 2. The van der Waals surface area contributed by atoms with Gasteiger partial charge in [0.15, 0.2) is 0 Å². The van der Waals surface area contributed by atoms with Crippen LogP contribution >= 0.6 is 0 Å².